The van der Waals surface area contributed by atoms with Gasteiger partial charge in [0.25, 0.3) is 0 Å². The van der Waals surface area contributed by atoms with Crippen LogP contribution in [0, 0.1) is 5.41 Å². The number of nitrogens with zero attached hydrogens (tertiary/aromatic N) is 5. The third-order valence-electron chi connectivity index (χ3n) is 11.1. The second-order valence-corrected chi connectivity index (χ2v) is 14.4. The quantitative estimate of drug-likeness (QED) is 0.176. The number of hydrogen-bond donors (Lipinski definition) is 2. The third-order valence-corrected chi connectivity index (χ3v) is 11.1. The van der Waals surface area contributed by atoms with E-state index in [1.54, 1.807) is 6.33 Å². The Hall–Kier alpha value is -4.73. The van der Waals surface area contributed by atoms with Crippen LogP contribution >= 0.6 is 0 Å². The van der Waals surface area contributed by atoms with Crippen LogP contribution in [-0.2, 0) is 17.8 Å². The van der Waals surface area contributed by atoms with Crippen molar-refractivity contribution in [2.24, 2.45) is 5.41 Å². The highest BCUT2D eigenvalue weighted by molar-refractivity contribution is 5.93. The number of fused-ring (bicyclic) bond motifs is 1. The fourth-order valence-corrected chi connectivity index (χ4v) is 8.36. The van der Waals surface area contributed by atoms with Crippen LogP contribution in [0.15, 0.2) is 97.3 Å². The molecule has 2 amide bonds. The molecule has 9 nitrogen and oxygen atoms in total. The molecule has 1 aliphatic carbocycles. The fourth-order valence-electron chi connectivity index (χ4n) is 8.36. The van der Waals surface area contributed by atoms with Gasteiger partial charge in [0.05, 0.1) is 18.6 Å². The number of aromatic nitrogens is 3. The van der Waals surface area contributed by atoms with Crippen molar-refractivity contribution in [2.45, 2.75) is 57.7 Å². The van der Waals surface area contributed by atoms with Crippen LogP contribution in [0.2, 0.25) is 0 Å². The molecule has 2 aromatic heterocycles. The Balaban J connectivity index is 0.892. The molecular formula is C41H47N7O2. The summed E-state index contributed by atoms with van der Waals surface area (Å²) in [7, 11) is 0. The molecule has 5 aromatic rings. The molecule has 9 heteroatoms. The summed E-state index contributed by atoms with van der Waals surface area (Å²) in [4.78, 5) is 33.1. The number of hydrogen-bond acceptors (Lipinski definition) is 6. The number of carbonyl (C=O) groups is 1. The Morgan fingerprint density at radius 3 is 2.22 bits per heavy atom. The first kappa shape index (κ1) is 32.5. The number of anilines is 2. The Bertz CT molecular complexity index is 1820. The zero-order valence-electron chi connectivity index (χ0n) is 28.8. The van der Waals surface area contributed by atoms with Crippen molar-refractivity contribution in [1.29, 1.82) is 0 Å². The number of likely N-dealkylation sites (tertiary alicyclic amines) is 1. The maximum absolute atomic E-state index is 13.6. The normalized spacial score (nSPS) is 21.2. The first-order valence-corrected chi connectivity index (χ1v) is 18.3. The van der Waals surface area contributed by atoms with Gasteiger partial charge in [-0.15, -0.1) is 0 Å². The average Bonchev–Trinajstić information content (AvgIpc) is 3.61. The molecule has 0 unspecified atom stereocenters. The molecule has 0 radical (unpaired) electrons. The second kappa shape index (κ2) is 14.6. The maximum Gasteiger partial charge on any atom is 0.321 e. The topological polar surface area (TPSA) is 89.6 Å². The molecule has 1 spiro atoms. The highest BCUT2D eigenvalue weighted by Gasteiger charge is 2.41. The van der Waals surface area contributed by atoms with Crippen molar-refractivity contribution in [3.63, 3.8) is 0 Å². The van der Waals surface area contributed by atoms with Gasteiger partial charge in [-0.2, -0.15) is 0 Å². The smallest absolute Gasteiger partial charge is 0.321 e. The molecule has 2 aliphatic heterocycles. The molecule has 0 bridgehead atoms. The summed E-state index contributed by atoms with van der Waals surface area (Å²) in [6.07, 6.45) is 8.56. The van der Waals surface area contributed by atoms with Crippen LogP contribution < -0.4 is 10.2 Å². The van der Waals surface area contributed by atoms with E-state index in [1.165, 1.54) is 43.2 Å². The molecule has 2 saturated heterocycles. The molecule has 8 rings (SSSR count). The first-order valence-electron chi connectivity index (χ1n) is 18.3. The summed E-state index contributed by atoms with van der Waals surface area (Å²) >= 11 is 0. The molecule has 3 fully saturated rings. The monoisotopic (exact) mass is 669 g/mol. The fraction of sp³-hybridized carbons (Fsp3) is 0.390. The Kier molecular flexibility index (Phi) is 9.50. The lowest BCUT2D eigenvalue weighted by Crippen LogP contribution is -2.50. The number of nitrogens with one attached hydrogen (secondary N) is 2. The molecule has 0 atom stereocenters. The van der Waals surface area contributed by atoms with Gasteiger partial charge in [-0.05, 0) is 78.8 Å². The van der Waals surface area contributed by atoms with Gasteiger partial charge in [-0.1, -0.05) is 72.8 Å². The minimum atomic E-state index is 0.00442. The standard InChI is InChI=1S/C41H47N7O2/c49-40(44-34-14-12-33(13-15-34)37-26-36-38(45-37)42-30-43-39(36)46-22-24-50-25-23-46)47-21-7-18-41(29-47)19-16-35(17-20-41)48(27-31-8-3-1-4-9-31)28-32-10-5-2-6-11-32/h1-6,8-15,26,30,35H,7,16-25,27-29H2,(H,44,49)(H,42,43,45). The summed E-state index contributed by atoms with van der Waals surface area (Å²) in [5.41, 5.74) is 6.59. The molecule has 258 valence electrons. The zero-order chi connectivity index (χ0) is 33.8. The molecule has 1 saturated carbocycles. The Morgan fingerprint density at radius 1 is 0.860 bits per heavy atom. The van der Waals surface area contributed by atoms with Gasteiger partial charge in [0, 0.05) is 56.7 Å². The maximum atomic E-state index is 13.6. The number of urea groups is 1. The zero-order valence-corrected chi connectivity index (χ0v) is 28.8. The van der Waals surface area contributed by atoms with Gasteiger partial charge in [0.2, 0.25) is 0 Å². The second-order valence-electron chi connectivity index (χ2n) is 14.4. The van der Waals surface area contributed by atoms with Crippen molar-refractivity contribution in [3.05, 3.63) is 108 Å². The number of ether oxygens (including phenoxy) is 1. The Morgan fingerprint density at radius 2 is 1.54 bits per heavy atom. The van der Waals surface area contributed by atoms with Crippen molar-refractivity contribution in [3.8, 4) is 11.3 Å². The van der Waals surface area contributed by atoms with E-state index in [0.29, 0.717) is 19.3 Å². The highest BCUT2D eigenvalue weighted by Crippen LogP contribution is 2.45. The number of morpholine rings is 1. The summed E-state index contributed by atoms with van der Waals surface area (Å²) in [6, 6.07) is 32.5. The van der Waals surface area contributed by atoms with Crippen LogP contribution in [-0.4, -0.2) is 76.2 Å². The molecular weight excluding hydrogens is 622 g/mol. The number of H-pyrrole nitrogens is 1. The summed E-state index contributed by atoms with van der Waals surface area (Å²) < 4.78 is 5.53. The Labute approximate surface area is 294 Å². The lowest BCUT2D eigenvalue weighted by Gasteiger charge is -2.48. The molecule has 2 N–H and O–H groups in total. The number of aromatic amines is 1. The van der Waals surface area contributed by atoms with E-state index in [4.69, 9.17) is 4.74 Å². The van der Waals surface area contributed by atoms with Gasteiger partial charge in [-0.25, -0.2) is 14.8 Å². The lowest BCUT2D eigenvalue weighted by atomic mass is 9.67. The van der Waals surface area contributed by atoms with Gasteiger partial charge in [0.15, 0.2) is 0 Å². The first-order chi connectivity index (χ1) is 24.6. The van der Waals surface area contributed by atoms with E-state index in [9.17, 15) is 4.79 Å². The predicted molar refractivity (Wildman–Crippen MR) is 199 cm³/mol. The SMILES string of the molecule is O=C(Nc1ccc(-c2cc3c(N4CCOCC4)ncnc3[nH]2)cc1)N1CCCC2(CCC(N(Cc3ccccc3)Cc3ccccc3)CC2)C1. The van der Waals surface area contributed by atoms with E-state index in [-0.39, 0.29) is 11.4 Å². The van der Waals surface area contributed by atoms with Crippen LogP contribution in [0.25, 0.3) is 22.3 Å². The average molecular weight is 670 g/mol. The summed E-state index contributed by atoms with van der Waals surface area (Å²) in [5.74, 6) is 0.939. The third kappa shape index (κ3) is 7.25. The van der Waals surface area contributed by atoms with Crippen molar-refractivity contribution < 1.29 is 9.53 Å². The van der Waals surface area contributed by atoms with E-state index in [1.807, 2.05) is 12.1 Å². The molecule has 3 aromatic carbocycles. The summed E-state index contributed by atoms with van der Waals surface area (Å²) in [6.45, 7) is 6.63. The van der Waals surface area contributed by atoms with E-state index in [0.717, 1.165) is 79.5 Å². The highest BCUT2D eigenvalue weighted by atomic mass is 16.5. The van der Waals surface area contributed by atoms with E-state index in [2.05, 4.69) is 114 Å². The van der Waals surface area contributed by atoms with Crippen LogP contribution in [0.3, 0.4) is 0 Å². The minimum Gasteiger partial charge on any atom is -0.378 e. The van der Waals surface area contributed by atoms with E-state index < -0.39 is 0 Å². The number of amides is 2. The summed E-state index contributed by atoms with van der Waals surface area (Å²) in [5, 5.41) is 4.21. The van der Waals surface area contributed by atoms with Gasteiger partial charge < -0.3 is 24.8 Å². The molecule has 3 aliphatic rings. The van der Waals surface area contributed by atoms with Gasteiger partial charge in [0.1, 0.15) is 17.8 Å². The van der Waals surface area contributed by atoms with Crippen molar-refractivity contribution in [2.75, 3.05) is 49.6 Å². The predicted octanol–water partition coefficient (Wildman–Crippen LogP) is 7.72. The van der Waals surface area contributed by atoms with E-state index >= 15 is 0 Å². The minimum absolute atomic E-state index is 0.00442. The van der Waals surface area contributed by atoms with Crippen LogP contribution in [0.1, 0.15) is 49.7 Å². The number of rotatable bonds is 8. The number of piperidine rings is 1. The van der Waals surface area contributed by atoms with Crippen molar-refractivity contribution >= 4 is 28.6 Å². The van der Waals surface area contributed by atoms with Crippen LogP contribution in [0.5, 0.6) is 0 Å². The van der Waals surface area contributed by atoms with Gasteiger partial charge >= 0.3 is 6.03 Å². The van der Waals surface area contributed by atoms with Crippen molar-refractivity contribution in [1.82, 2.24) is 24.8 Å². The van der Waals surface area contributed by atoms with Crippen LogP contribution in [0.4, 0.5) is 16.3 Å². The molecule has 50 heavy (non-hydrogen) atoms. The molecule has 4 heterocycles. The lowest BCUT2D eigenvalue weighted by molar-refractivity contribution is 0.0323. The number of benzene rings is 3. The van der Waals surface area contributed by atoms with Gasteiger partial charge in [-0.3, -0.25) is 4.90 Å². The largest absolute Gasteiger partial charge is 0.378 e. The number of carbonyl (C=O) groups excluding carboxylic acids is 1.